The van der Waals surface area contributed by atoms with Crippen LogP contribution in [0.4, 0.5) is 0 Å². The molecule has 1 aliphatic rings. The molecule has 1 saturated carbocycles. The Morgan fingerprint density at radius 3 is 2.47 bits per heavy atom. The highest BCUT2D eigenvalue weighted by atomic mass is 16.5. The van der Waals surface area contributed by atoms with Gasteiger partial charge in [-0.25, -0.2) is 0 Å². The maximum atomic E-state index is 10.7. The molecule has 0 heterocycles. The average Bonchev–Trinajstić information content (AvgIpc) is 3.02. The van der Waals surface area contributed by atoms with E-state index in [4.69, 9.17) is 9.84 Å². The molecule has 1 atom stereocenters. The minimum Gasteiger partial charge on any atom is -0.490 e. The van der Waals surface area contributed by atoms with Gasteiger partial charge in [0.25, 0.3) is 0 Å². The number of ether oxygens (including phenoxy) is 1. The second-order valence-electron chi connectivity index (χ2n) is 3.95. The van der Waals surface area contributed by atoms with Gasteiger partial charge in [-0.1, -0.05) is 12.1 Å². The first-order valence-electron chi connectivity index (χ1n) is 5.16. The Morgan fingerprint density at radius 2 is 2.00 bits per heavy atom. The first kappa shape index (κ1) is 10.0. The summed E-state index contributed by atoms with van der Waals surface area (Å²) in [4.78, 5) is 10.7. The molecule has 0 aliphatic heterocycles. The van der Waals surface area contributed by atoms with Crippen LogP contribution in [0.5, 0.6) is 5.75 Å². The van der Waals surface area contributed by atoms with E-state index in [0.717, 1.165) is 24.2 Å². The molecule has 1 N–H and O–H groups in total. The second-order valence-corrected chi connectivity index (χ2v) is 3.95. The number of hydrogen-bond donors (Lipinski definition) is 1. The van der Waals surface area contributed by atoms with Crippen molar-refractivity contribution in [2.24, 2.45) is 0 Å². The van der Waals surface area contributed by atoms with E-state index in [1.54, 1.807) is 6.92 Å². The van der Waals surface area contributed by atoms with Crippen LogP contribution < -0.4 is 4.74 Å². The highest BCUT2D eigenvalue weighted by Crippen LogP contribution is 2.27. The van der Waals surface area contributed by atoms with Crippen LogP contribution in [0.2, 0.25) is 0 Å². The van der Waals surface area contributed by atoms with Crippen LogP contribution in [-0.2, 0) is 4.79 Å². The first-order chi connectivity index (χ1) is 7.16. The van der Waals surface area contributed by atoms with E-state index in [0.29, 0.717) is 6.10 Å². The van der Waals surface area contributed by atoms with E-state index in [1.165, 1.54) is 0 Å². The first-order valence-corrected chi connectivity index (χ1v) is 5.16. The molecule has 0 saturated heterocycles. The lowest BCUT2D eigenvalue weighted by atomic mass is 10.0. The quantitative estimate of drug-likeness (QED) is 0.822. The van der Waals surface area contributed by atoms with Crippen molar-refractivity contribution in [3.8, 4) is 5.75 Å². The number of hydrogen-bond acceptors (Lipinski definition) is 2. The lowest BCUT2D eigenvalue weighted by Crippen LogP contribution is -2.07. The van der Waals surface area contributed by atoms with Gasteiger partial charge in [0.1, 0.15) is 5.75 Å². The van der Waals surface area contributed by atoms with Gasteiger partial charge in [-0.2, -0.15) is 0 Å². The standard InChI is InChI=1S/C12H14O3/c1-8(12(13)14)9-2-4-10(5-3-9)15-11-6-7-11/h2-5,8,11H,6-7H2,1H3,(H,13,14). The number of benzene rings is 1. The molecule has 0 aromatic heterocycles. The molecular weight excluding hydrogens is 192 g/mol. The molecule has 0 bridgehead atoms. The Kier molecular flexibility index (Phi) is 2.62. The average molecular weight is 206 g/mol. The smallest absolute Gasteiger partial charge is 0.310 e. The fourth-order valence-corrected chi connectivity index (χ4v) is 1.36. The zero-order valence-corrected chi connectivity index (χ0v) is 8.64. The molecule has 3 nitrogen and oxygen atoms in total. The molecule has 80 valence electrons. The largest absolute Gasteiger partial charge is 0.490 e. The third kappa shape index (κ3) is 2.49. The minimum absolute atomic E-state index is 0.382. The molecule has 1 aliphatic carbocycles. The van der Waals surface area contributed by atoms with E-state index in [-0.39, 0.29) is 0 Å². The van der Waals surface area contributed by atoms with Crippen LogP contribution in [0.15, 0.2) is 24.3 Å². The molecule has 0 amide bonds. The highest BCUT2D eigenvalue weighted by Gasteiger charge is 2.23. The zero-order chi connectivity index (χ0) is 10.8. The van der Waals surface area contributed by atoms with Crippen LogP contribution in [-0.4, -0.2) is 17.2 Å². The van der Waals surface area contributed by atoms with Gasteiger partial charge in [0.05, 0.1) is 12.0 Å². The van der Waals surface area contributed by atoms with Gasteiger partial charge in [-0.3, -0.25) is 4.79 Å². The van der Waals surface area contributed by atoms with E-state index in [9.17, 15) is 4.79 Å². The van der Waals surface area contributed by atoms with Crippen molar-refractivity contribution in [2.75, 3.05) is 0 Å². The monoisotopic (exact) mass is 206 g/mol. The summed E-state index contributed by atoms with van der Waals surface area (Å²) in [5.74, 6) is -0.426. The topological polar surface area (TPSA) is 46.5 Å². The van der Waals surface area contributed by atoms with Crippen molar-refractivity contribution in [3.05, 3.63) is 29.8 Å². The summed E-state index contributed by atoms with van der Waals surface area (Å²) in [7, 11) is 0. The Hall–Kier alpha value is -1.51. The van der Waals surface area contributed by atoms with Gasteiger partial charge in [0.2, 0.25) is 0 Å². The molecule has 1 aromatic carbocycles. The van der Waals surface area contributed by atoms with Crippen LogP contribution in [0.3, 0.4) is 0 Å². The summed E-state index contributed by atoms with van der Waals surface area (Å²) in [5, 5.41) is 8.83. The van der Waals surface area contributed by atoms with Gasteiger partial charge in [-0.15, -0.1) is 0 Å². The van der Waals surface area contributed by atoms with Gasteiger partial charge in [0, 0.05) is 0 Å². The van der Waals surface area contributed by atoms with Crippen LogP contribution in [0, 0.1) is 0 Å². The minimum atomic E-state index is -0.800. The second kappa shape index (κ2) is 3.93. The summed E-state index contributed by atoms with van der Waals surface area (Å²) < 4.78 is 5.57. The van der Waals surface area contributed by atoms with Crippen molar-refractivity contribution in [2.45, 2.75) is 31.8 Å². The molecular formula is C12H14O3. The Morgan fingerprint density at radius 1 is 1.40 bits per heavy atom. The van der Waals surface area contributed by atoms with Crippen LogP contribution in [0.1, 0.15) is 31.2 Å². The predicted octanol–water partition coefficient (Wildman–Crippen LogP) is 2.42. The van der Waals surface area contributed by atoms with Crippen molar-refractivity contribution in [3.63, 3.8) is 0 Å². The van der Waals surface area contributed by atoms with Crippen LogP contribution >= 0.6 is 0 Å². The number of carbonyl (C=O) groups is 1. The molecule has 3 heteroatoms. The Labute approximate surface area is 88.7 Å². The van der Waals surface area contributed by atoms with Crippen molar-refractivity contribution in [1.29, 1.82) is 0 Å². The Bertz CT molecular complexity index is 352. The number of rotatable bonds is 4. The van der Waals surface area contributed by atoms with Gasteiger partial charge < -0.3 is 9.84 Å². The highest BCUT2D eigenvalue weighted by molar-refractivity contribution is 5.75. The number of carboxylic acids is 1. The molecule has 1 unspecified atom stereocenters. The van der Waals surface area contributed by atoms with E-state index in [2.05, 4.69) is 0 Å². The normalized spacial score (nSPS) is 17.1. The third-order valence-electron chi connectivity index (χ3n) is 2.58. The zero-order valence-electron chi connectivity index (χ0n) is 8.64. The lowest BCUT2D eigenvalue weighted by molar-refractivity contribution is -0.138. The maximum absolute atomic E-state index is 10.7. The summed E-state index contributed by atoms with van der Waals surface area (Å²) in [6.45, 7) is 1.68. The molecule has 2 rings (SSSR count). The molecule has 0 radical (unpaired) electrons. The molecule has 1 aromatic rings. The number of carboxylic acid groups (broad SMARTS) is 1. The fraction of sp³-hybridized carbons (Fsp3) is 0.417. The third-order valence-corrected chi connectivity index (χ3v) is 2.58. The summed E-state index contributed by atoms with van der Waals surface area (Å²) in [6.07, 6.45) is 2.65. The molecule has 0 spiro atoms. The lowest BCUT2D eigenvalue weighted by Gasteiger charge is -2.08. The summed E-state index contributed by atoms with van der Waals surface area (Å²) in [6, 6.07) is 7.31. The van der Waals surface area contributed by atoms with Crippen LogP contribution in [0.25, 0.3) is 0 Å². The Balaban J connectivity index is 2.05. The van der Waals surface area contributed by atoms with E-state index < -0.39 is 11.9 Å². The van der Waals surface area contributed by atoms with E-state index >= 15 is 0 Å². The molecule has 15 heavy (non-hydrogen) atoms. The fourth-order valence-electron chi connectivity index (χ4n) is 1.36. The predicted molar refractivity (Wildman–Crippen MR) is 56.1 cm³/mol. The summed E-state index contributed by atoms with van der Waals surface area (Å²) in [5.41, 5.74) is 0.811. The summed E-state index contributed by atoms with van der Waals surface area (Å²) >= 11 is 0. The van der Waals surface area contributed by atoms with Gasteiger partial charge >= 0.3 is 5.97 Å². The van der Waals surface area contributed by atoms with Crippen molar-refractivity contribution in [1.82, 2.24) is 0 Å². The van der Waals surface area contributed by atoms with Crippen molar-refractivity contribution >= 4 is 5.97 Å². The van der Waals surface area contributed by atoms with Gasteiger partial charge in [-0.05, 0) is 37.5 Å². The van der Waals surface area contributed by atoms with Crippen molar-refractivity contribution < 1.29 is 14.6 Å². The van der Waals surface area contributed by atoms with Gasteiger partial charge in [0.15, 0.2) is 0 Å². The SMILES string of the molecule is CC(C(=O)O)c1ccc(OC2CC2)cc1. The van der Waals surface area contributed by atoms with E-state index in [1.807, 2.05) is 24.3 Å². The molecule has 1 fully saturated rings. The maximum Gasteiger partial charge on any atom is 0.310 e. The number of aliphatic carboxylic acids is 1.